The normalized spacial score (nSPS) is 19.1. The molecule has 7 nitrogen and oxygen atoms in total. The monoisotopic (exact) mass is 337 g/mol. The number of amides is 1. The van der Waals surface area contributed by atoms with Crippen LogP contribution in [0.1, 0.15) is 39.7 Å². The smallest absolute Gasteiger partial charge is 0.410 e. The Morgan fingerprint density at radius 1 is 1.39 bits per heavy atom. The highest BCUT2D eigenvalue weighted by Crippen LogP contribution is 2.27. The molecule has 1 atom stereocenters. The summed E-state index contributed by atoms with van der Waals surface area (Å²) in [6.07, 6.45) is 4.63. The highest BCUT2D eigenvalue weighted by Gasteiger charge is 2.29. The lowest BCUT2D eigenvalue weighted by Crippen LogP contribution is -2.43. The maximum atomic E-state index is 12.3. The van der Waals surface area contributed by atoms with Crippen LogP contribution in [0.3, 0.4) is 0 Å². The molecule has 0 unspecified atom stereocenters. The Morgan fingerprint density at radius 3 is 2.91 bits per heavy atom. The number of piperidine rings is 1. The minimum absolute atomic E-state index is 0.0553. The first-order valence-corrected chi connectivity index (χ1v) is 8.04. The molecule has 8 heteroatoms. The number of carbonyl (C=O) groups excluding carboxylic acids is 1. The van der Waals surface area contributed by atoms with Crippen molar-refractivity contribution in [3.05, 3.63) is 17.7 Å². The summed E-state index contributed by atoms with van der Waals surface area (Å²) in [5.41, 5.74) is 0.199. The molecule has 1 amide bonds. The molecule has 0 aromatic carbocycles. The van der Waals surface area contributed by atoms with E-state index in [0.717, 1.165) is 18.2 Å². The Hall–Kier alpha value is -1.89. The Balaban J connectivity index is 1.80. The van der Waals surface area contributed by atoms with Crippen molar-refractivity contribution in [2.75, 3.05) is 13.1 Å². The number of ether oxygens (including phenoxy) is 1. The lowest BCUT2D eigenvalue weighted by Gasteiger charge is -2.34. The molecule has 0 saturated carbocycles. The first kappa shape index (κ1) is 16.0. The number of aromatic nitrogens is 4. The fraction of sp³-hybridized carbons (Fsp3) is 0.600. The molecule has 1 aliphatic rings. The van der Waals surface area contributed by atoms with Gasteiger partial charge < -0.3 is 9.64 Å². The van der Waals surface area contributed by atoms with Crippen molar-refractivity contribution < 1.29 is 9.53 Å². The molecule has 1 fully saturated rings. The van der Waals surface area contributed by atoms with E-state index in [1.54, 1.807) is 11.1 Å². The van der Waals surface area contributed by atoms with Gasteiger partial charge in [0.2, 0.25) is 0 Å². The predicted molar refractivity (Wildman–Crippen MR) is 86.4 cm³/mol. The predicted octanol–water partition coefficient (Wildman–Crippen LogP) is 3.05. The van der Waals surface area contributed by atoms with Crippen LogP contribution in [0.15, 0.2) is 12.5 Å². The van der Waals surface area contributed by atoms with Crippen LogP contribution in [0.4, 0.5) is 4.79 Å². The second-order valence-electron chi connectivity index (χ2n) is 6.71. The minimum atomic E-state index is -0.497. The van der Waals surface area contributed by atoms with Gasteiger partial charge in [-0.15, -0.1) is 0 Å². The lowest BCUT2D eigenvalue weighted by atomic mass is 10.1. The quantitative estimate of drug-likeness (QED) is 0.748. The largest absolute Gasteiger partial charge is 0.444 e. The Bertz CT molecular complexity index is 724. The maximum absolute atomic E-state index is 12.3. The van der Waals surface area contributed by atoms with Gasteiger partial charge in [0, 0.05) is 13.1 Å². The van der Waals surface area contributed by atoms with Crippen molar-refractivity contribution in [1.29, 1.82) is 0 Å². The number of rotatable bonds is 1. The molecule has 3 heterocycles. The maximum Gasteiger partial charge on any atom is 0.410 e. The summed E-state index contributed by atoms with van der Waals surface area (Å²) in [6.45, 7) is 6.85. The summed E-state index contributed by atoms with van der Waals surface area (Å²) < 4.78 is 7.29. The molecule has 0 bridgehead atoms. The van der Waals surface area contributed by atoms with Gasteiger partial charge in [0.15, 0.2) is 5.65 Å². The number of nitrogens with zero attached hydrogens (tertiary/aromatic N) is 5. The topological polar surface area (TPSA) is 73.1 Å². The van der Waals surface area contributed by atoms with Crippen molar-refractivity contribution in [3.63, 3.8) is 0 Å². The summed E-state index contributed by atoms with van der Waals surface area (Å²) in [5.74, 6) is 0. The van der Waals surface area contributed by atoms with Gasteiger partial charge in [0.1, 0.15) is 17.1 Å². The molecule has 0 N–H and O–H groups in total. The van der Waals surface area contributed by atoms with Crippen LogP contribution < -0.4 is 0 Å². The van der Waals surface area contributed by atoms with E-state index in [9.17, 15) is 4.79 Å². The van der Waals surface area contributed by atoms with Crippen LogP contribution in [0.5, 0.6) is 0 Å². The van der Waals surface area contributed by atoms with Crippen molar-refractivity contribution in [3.8, 4) is 0 Å². The van der Waals surface area contributed by atoms with Gasteiger partial charge in [0.25, 0.3) is 0 Å². The SMILES string of the molecule is CC(C)(C)OC(=O)N1CCC[C@@H](n2ncc3c(Cl)ncnc32)C1. The molecule has 2 aromatic rings. The molecule has 0 aliphatic carbocycles. The number of hydrogen-bond donors (Lipinski definition) is 0. The summed E-state index contributed by atoms with van der Waals surface area (Å²) in [5, 5.41) is 5.51. The van der Waals surface area contributed by atoms with Gasteiger partial charge in [-0.25, -0.2) is 19.4 Å². The number of hydrogen-bond acceptors (Lipinski definition) is 5. The molecule has 2 aromatic heterocycles. The van der Waals surface area contributed by atoms with E-state index < -0.39 is 5.60 Å². The van der Waals surface area contributed by atoms with E-state index in [1.165, 1.54) is 6.33 Å². The Labute approximate surface area is 139 Å². The van der Waals surface area contributed by atoms with Gasteiger partial charge in [-0.05, 0) is 33.6 Å². The minimum Gasteiger partial charge on any atom is -0.444 e. The van der Waals surface area contributed by atoms with Crippen molar-refractivity contribution >= 4 is 28.7 Å². The number of likely N-dealkylation sites (tertiary alicyclic amines) is 1. The number of carbonyl (C=O) groups is 1. The van der Waals surface area contributed by atoms with Gasteiger partial charge in [-0.1, -0.05) is 11.6 Å². The van der Waals surface area contributed by atoms with Crippen LogP contribution in [0.25, 0.3) is 11.0 Å². The van der Waals surface area contributed by atoms with E-state index in [-0.39, 0.29) is 12.1 Å². The molecule has 0 radical (unpaired) electrons. The molecule has 23 heavy (non-hydrogen) atoms. The second kappa shape index (κ2) is 5.96. The van der Waals surface area contributed by atoms with E-state index in [4.69, 9.17) is 16.3 Å². The van der Waals surface area contributed by atoms with Gasteiger partial charge in [-0.3, -0.25) is 0 Å². The molecule has 124 valence electrons. The number of halogens is 1. The Kier molecular flexibility index (Phi) is 4.14. The summed E-state index contributed by atoms with van der Waals surface area (Å²) in [6, 6.07) is 0.0553. The standard InChI is InChI=1S/C15H20ClN5O2/c1-15(2,3)23-14(22)20-6-4-5-10(8-20)21-13-11(7-19-21)12(16)17-9-18-13/h7,9-10H,4-6,8H2,1-3H3/t10-/m1/s1. The van der Waals surface area contributed by atoms with Crippen LogP contribution in [-0.2, 0) is 4.74 Å². The first-order valence-electron chi connectivity index (χ1n) is 7.67. The van der Waals surface area contributed by atoms with E-state index >= 15 is 0 Å². The van der Waals surface area contributed by atoms with Crippen molar-refractivity contribution in [2.24, 2.45) is 0 Å². The zero-order valence-corrected chi connectivity index (χ0v) is 14.2. The van der Waals surface area contributed by atoms with Crippen LogP contribution >= 0.6 is 11.6 Å². The highest BCUT2D eigenvalue weighted by atomic mass is 35.5. The molecule has 1 aliphatic heterocycles. The molecule has 1 saturated heterocycles. The zero-order valence-electron chi connectivity index (χ0n) is 13.5. The summed E-state index contributed by atoms with van der Waals surface area (Å²) >= 11 is 6.07. The summed E-state index contributed by atoms with van der Waals surface area (Å²) in [7, 11) is 0. The first-order chi connectivity index (χ1) is 10.8. The third kappa shape index (κ3) is 3.39. The summed E-state index contributed by atoms with van der Waals surface area (Å²) in [4.78, 5) is 22.2. The van der Waals surface area contributed by atoms with Gasteiger partial charge in [0.05, 0.1) is 17.6 Å². The van der Waals surface area contributed by atoms with E-state index in [1.807, 2.05) is 25.5 Å². The average molecular weight is 338 g/mol. The fourth-order valence-corrected chi connectivity index (χ4v) is 2.92. The van der Waals surface area contributed by atoms with Crippen LogP contribution in [0.2, 0.25) is 5.15 Å². The van der Waals surface area contributed by atoms with Crippen molar-refractivity contribution in [1.82, 2.24) is 24.6 Å². The molecule has 3 rings (SSSR count). The molecular weight excluding hydrogens is 318 g/mol. The van der Waals surface area contributed by atoms with Gasteiger partial charge in [-0.2, -0.15) is 5.10 Å². The molecule has 0 spiro atoms. The van der Waals surface area contributed by atoms with E-state index in [0.29, 0.717) is 23.9 Å². The third-order valence-electron chi connectivity index (χ3n) is 3.74. The highest BCUT2D eigenvalue weighted by molar-refractivity contribution is 6.33. The molecular formula is C15H20ClN5O2. The zero-order chi connectivity index (χ0) is 16.6. The number of fused-ring (bicyclic) bond motifs is 1. The Morgan fingerprint density at radius 2 is 2.17 bits per heavy atom. The van der Waals surface area contributed by atoms with Gasteiger partial charge >= 0.3 is 6.09 Å². The second-order valence-corrected chi connectivity index (χ2v) is 7.07. The van der Waals surface area contributed by atoms with Crippen molar-refractivity contribution in [2.45, 2.75) is 45.3 Å². The lowest BCUT2D eigenvalue weighted by molar-refractivity contribution is 0.0169. The van der Waals surface area contributed by atoms with Crippen LogP contribution in [-0.4, -0.2) is 49.4 Å². The third-order valence-corrected chi connectivity index (χ3v) is 4.04. The van der Waals surface area contributed by atoms with Crippen LogP contribution in [0, 0.1) is 0 Å². The average Bonchev–Trinajstić information content (AvgIpc) is 2.91. The van der Waals surface area contributed by atoms with E-state index in [2.05, 4.69) is 15.1 Å². The fourth-order valence-electron chi connectivity index (χ4n) is 2.75.